The van der Waals surface area contributed by atoms with E-state index in [-0.39, 0.29) is 13.0 Å². The van der Waals surface area contributed by atoms with E-state index in [0.717, 1.165) is 16.5 Å². The first kappa shape index (κ1) is 19.5. The van der Waals surface area contributed by atoms with Crippen LogP contribution < -0.4 is 10.1 Å². The van der Waals surface area contributed by atoms with Gasteiger partial charge in [-0.15, -0.1) is 0 Å². The SMILES string of the molecule is CC(C)c1ccc(OCC(=O)N[C@@H](Cc2c[nH]c3ccccc23)C(=O)O)cc1. The molecule has 3 rings (SSSR count). The van der Waals surface area contributed by atoms with Crippen LogP contribution in [0.2, 0.25) is 0 Å². The third-order valence-electron chi connectivity index (χ3n) is 4.65. The summed E-state index contributed by atoms with van der Waals surface area (Å²) >= 11 is 0. The standard InChI is InChI=1S/C22H24N2O4/c1-14(2)15-7-9-17(10-8-15)28-13-21(25)24-20(22(26)27)11-16-12-23-19-6-4-3-5-18(16)19/h3-10,12,14,20,23H,11,13H2,1-2H3,(H,24,25)(H,26,27)/t20-/m0/s1. The van der Waals surface area contributed by atoms with Gasteiger partial charge < -0.3 is 20.1 Å². The zero-order valence-corrected chi connectivity index (χ0v) is 15.9. The van der Waals surface area contributed by atoms with E-state index in [2.05, 4.69) is 24.1 Å². The maximum absolute atomic E-state index is 12.2. The van der Waals surface area contributed by atoms with Crippen LogP contribution in [-0.2, 0) is 16.0 Å². The number of ether oxygens (including phenoxy) is 1. The lowest BCUT2D eigenvalue weighted by molar-refractivity contribution is -0.142. The predicted octanol–water partition coefficient (Wildman–Crippen LogP) is 3.48. The number of nitrogens with one attached hydrogen (secondary N) is 2. The Bertz CT molecular complexity index is 960. The summed E-state index contributed by atoms with van der Waals surface area (Å²) in [6.07, 6.45) is 1.97. The van der Waals surface area contributed by atoms with Crippen LogP contribution in [0.25, 0.3) is 10.9 Å². The van der Waals surface area contributed by atoms with Crippen molar-refractivity contribution in [1.82, 2.24) is 10.3 Å². The van der Waals surface area contributed by atoms with E-state index < -0.39 is 17.9 Å². The first-order chi connectivity index (χ1) is 13.4. The Labute approximate surface area is 163 Å². The Morgan fingerprint density at radius 3 is 2.50 bits per heavy atom. The number of benzene rings is 2. The number of fused-ring (bicyclic) bond motifs is 1. The molecule has 1 atom stereocenters. The van der Waals surface area contributed by atoms with E-state index in [4.69, 9.17) is 4.74 Å². The second-order valence-electron chi connectivity index (χ2n) is 7.03. The Morgan fingerprint density at radius 2 is 1.82 bits per heavy atom. The van der Waals surface area contributed by atoms with Crippen LogP contribution in [0.3, 0.4) is 0 Å². The van der Waals surface area contributed by atoms with Crippen LogP contribution in [0.1, 0.15) is 30.9 Å². The van der Waals surface area contributed by atoms with E-state index in [1.165, 1.54) is 5.56 Å². The highest BCUT2D eigenvalue weighted by atomic mass is 16.5. The van der Waals surface area contributed by atoms with Crippen LogP contribution in [0, 0.1) is 0 Å². The molecular weight excluding hydrogens is 356 g/mol. The number of carbonyl (C=O) groups excluding carboxylic acids is 1. The molecule has 28 heavy (non-hydrogen) atoms. The zero-order chi connectivity index (χ0) is 20.1. The van der Waals surface area contributed by atoms with Crippen molar-refractivity contribution >= 4 is 22.8 Å². The third-order valence-corrected chi connectivity index (χ3v) is 4.65. The van der Waals surface area contributed by atoms with Gasteiger partial charge in [-0.1, -0.05) is 44.2 Å². The molecule has 0 radical (unpaired) electrons. The predicted molar refractivity (Wildman–Crippen MR) is 108 cm³/mol. The van der Waals surface area contributed by atoms with Gasteiger partial charge in [-0.05, 0) is 35.2 Å². The smallest absolute Gasteiger partial charge is 0.326 e. The number of amides is 1. The van der Waals surface area contributed by atoms with Gasteiger partial charge in [0.25, 0.3) is 5.91 Å². The van der Waals surface area contributed by atoms with Crippen LogP contribution in [0.15, 0.2) is 54.7 Å². The first-order valence-electron chi connectivity index (χ1n) is 9.24. The molecule has 1 amide bonds. The number of aromatic amines is 1. The van der Waals surface area contributed by atoms with Crippen molar-refractivity contribution in [3.05, 3.63) is 65.9 Å². The van der Waals surface area contributed by atoms with Gasteiger partial charge in [0.15, 0.2) is 6.61 Å². The zero-order valence-electron chi connectivity index (χ0n) is 15.9. The Hall–Kier alpha value is -3.28. The molecule has 6 heteroatoms. The van der Waals surface area contributed by atoms with Crippen molar-refractivity contribution < 1.29 is 19.4 Å². The average Bonchev–Trinajstić information content (AvgIpc) is 3.09. The number of carbonyl (C=O) groups is 2. The van der Waals surface area contributed by atoms with Crippen LogP contribution in [-0.4, -0.2) is 34.6 Å². The molecule has 0 aliphatic rings. The van der Waals surface area contributed by atoms with E-state index in [1.807, 2.05) is 48.5 Å². The maximum Gasteiger partial charge on any atom is 0.326 e. The van der Waals surface area contributed by atoms with Gasteiger partial charge >= 0.3 is 5.97 Å². The van der Waals surface area contributed by atoms with Crippen LogP contribution >= 0.6 is 0 Å². The molecule has 0 aliphatic heterocycles. The van der Waals surface area contributed by atoms with Crippen molar-refractivity contribution in [2.24, 2.45) is 0 Å². The summed E-state index contributed by atoms with van der Waals surface area (Å²) in [7, 11) is 0. The quantitative estimate of drug-likeness (QED) is 0.558. The monoisotopic (exact) mass is 380 g/mol. The fraction of sp³-hybridized carbons (Fsp3) is 0.273. The van der Waals surface area contributed by atoms with Gasteiger partial charge in [-0.25, -0.2) is 4.79 Å². The number of carboxylic acid groups (broad SMARTS) is 1. The van der Waals surface area contributed by atoms with Crippen molar-refractivity contribution in [3.8, 4) is 5.75 Å². The highest BCUT2D eigenvalue weighted by molar-refractivity contribution is 5.87. The molecule has 1 aromatic heterocycles. The molecule has 6 nitrogen and oxygen atoms in total. The number of rotatable bonds is 8. The van der Waals surface area contributed by atoms with Gasteiger partial charge in [0.05, 0.1) is 0 Å². The van der Waals surface area contributed by atoms with E-state index in [1.54, 1.807) is 6.20 Å². The molecular formula is C22H24N2O4. The van der Waals surface area contributed by atoms with E-state index in [9.17, 15) is 14.7 Å². The molecule has 0 spiro atoms. The Morgan fingerprint density at radius 1 is 1.11 bits per heavy atom. The lowest BCUT2D eigenvalue weighted by atomic mass is 10.0. The molecule has 0 unspecified atom stereocenters. The van der Waals surface area contributed by atoms with Gasteiger partial charge in [0.1, 0.15) is 11.8 Å². The van der Waals surface area contributed by atoms with E-state index in [0.29, 0.717) is 11.7 Å². The summed E-state index contributed by atoms with van der Waals surface area (Å²) in [6, 6.07) is 14.1. The minimum Gasteiger partial charge on any atom is -0.484 e. The number of aromatic nitrogens is 1. The second-order valence-corrected chi connectivity index (χ2v) is 7.03. The topological polar surface area (TPSA) is 91.4 Å². The van der Waals surface area contributed by atoms with Crippen molar-refractivity contribution in [2.75, 3.05) is 6.61 Å². The fourth-order valence-corrected chi connectivity index (χ4v) is 3.05. The van der Waals surface area contributed by atoms with Crippen molar-refractivity contribution in [2.45, 2.75) is 32.2 Å². The highest BCUT2D eigenvalue weighted by Gasteiger charge is 2.22. The van der Waals surface area contributed by atoms with Gasteiger partial charge in [-0.2, -0.15) is 0 Å². The highest BCUT2D eigenvalue weighted by Crippen LogP contribution is 2.20. The van der Waals surface area contributed by atoms with Crippen LogP contribution in [0.5, 0.6) is 5.75 Å². The molecule has 0 saturated carbocycles. The summed E-state index contributed by atoms with van der Waals surface area (Å²) < 4.78 is 5.48. The summed E-state index contributed by atoms with van der Waals surface area (Å²) in [6.45, 7) is 3.96. The number of hydrogen-bond donors (Lipinski definition) is 3. The number of para-hydroxylation sites is 1. The summed E-state index contributed by atoms with van der Waals surface area (Å²) in [5, 5.41) is 13.0. The Balaban J connectivity index is 1.59. The molecule has 3 N–H and O–H groups in total. The molecule has 1 heterocycles. The molecule has 3 aromatic rings. The Kier molecular flexibility index (Phi) is 5.99. The second kappa shape index (κ2) is 8.61. The average molecular weight is 380 g/mol. The molecule has 0 saturated heterocycles. The summed E-state index contributed by atoms with van der Waals surface area (Å²) in [4.78, 5) is 26.9. The lowest BCUT2D eigenvalue weighted by Gasteiger charge is -2.15. The largest absolute Gasteiger partial charge is 0.484 e. The minimum absolute atomic E-state index is 0.189. The number of hydrogen-bond acceptors (Lipinski definition) is 3. The van der Waals surface area contributed by atoms with E-state index >= 15 is 0 Å². The van der Waals surface area contributed by atoms with Crippen molar-refractivity contribution in [1.29, 1.82) is 0 Å². The first-order valence-corrected chi connectivity index (χ1v) is 9.24. The number of carboxylic acids is 1. The van der Waals surface area contributed by atoms with Gasteiger partial charge in [0.2, 0.25) is 0 Å². The van der Waals surface area contributed by atoms with Gasteiger partial charge in [0, 0.05) is 23.5 Å². The van der Waals surface area contributed by atoms with Gasteiger partial charge in [-0.3, -0.25) is 4.79 Å². The third kappa shape index (κ3) is 4.71. The molecule has 0 fully saturated rings. The molecule has 0 bridgehead atoms. The number of aliphatic carboxylic acids is 1. The summed E-state index contributed by atoms with van der Waals surface area (Å²) in [5.74, 6) is -0.568. The van der Waals surface area contributed by atoms with Crippen molar-refractivity contribution in [3.63, 3.8) is 0 Å². The lowest BCUT2D eigenvalue weighted by Crippen LogP contribution is -2.44. The molecule has 0 aliphatic carbocycles. The normalized spacial score (nSPS) is 12.1. The molecule has 146 valence electrons. The summed E-state index contributed by atoms with van der Waals surface area (Å²) in [5.41, 5.74) is 2.95. The van der Waals surface area contributed by atoms with Crippen LogP contribution in [0.4, 0.5) is 0 Å². The minimum atomic E-state index is -1.08. The number of H-pyrrole nitrogens is 1. The maximum atomic E-state index is 12.2. The fourth-order valence-electron chi connectivity index (χ4n) is 3.05. The molecule has 2 aromatic carbocycles.